The van der Waals surface area contributed by atoms with E-state index in [9.17, 15) is 0 Å². The molecule has 1 atom stereocenters. The largest absolute Gasteiger partial charge is 1.00 e. The van der Waals surface area contributed by atoms with E-state index in [1.54, 1.807) is 31.1 Å². The zero-order valence-corrected chi connectivity index (χ0v) is 19.1. The SMILES string of the molecule is CCC1=C[C](C)([Zr+2][C]2=C(C)C(C)=C(C)C2(C)C)C(C)=C1.[Cl-].[Cl-]. The minimum Gasteiger partial charge on any atom is -1.00 e. The van der Waals surface area contributed by atoms with Gasteiger partial charge in [0.1, 0.15) is 0 Å². The minimum absolute atomic E-state index is 0. The fraction of sp³-hybridized carbons (Fsp3) is 0.579. The van der Waals surface area contributed by atoms with Crippen molar-refractivity contribution < 1.29 is 48.0 Å². The number of halogens is 2. The molecule has 0 N–H and O–H groups in total. The van der Waals surface area contributed by atoms with Gasteiger partial charge in [0.25, 0.3) is 0 Å². The van der Waals surface area contributed by atoms with Crippen LogP contribution in [-0.4, -0.2) is 0 Å². The molecule has 0 aliphatic heterocycles. The fourth-order valence-electron chi connectivity index (χ4n) is 3.40. The van der Waals surface area contributed by atoms with Gasteiger partial charge in [-0.25, -0.2) is 0 Å². The zero-order valence-electron chi connectivity index (χ0n) is 15.1. The summed E-state index contributed by atoms with van der Waals surface area (Å²) >= 11 is -0.679. The summed E-state index contributed by atoms with van der Waals surface area (Å²) in [4.78, 5) is 0. The first-order valence-electron chi connectivity index (χ1n) is 7.72. The third kappa shape index (κ3) is 3.58. The average molecular weight is 419 g/mol. The third-order valence-corrected chi connectivity index (χ3v) is 11.2. The Hall–Kier alpha value is 0.423. The Morgan fingerprint density at radius 2 is 1.50 bits per heavy atom. The molecule has 0 aromatic rings. The molecule has 0 aromatic heterocycles. The van der Waals surface area contributed by atoms with Crippen LogP contribution in [0, 0.1) is 5.41 Å². The number of hydrogen-bond donors (Lipinski definition) is 0. The average Bonchev–Trinajstić information content (AvgIpc) is 2.74. The maximum atomic E-state index is 2.58. The Kier molecular flexibility index (Phi) is 7.69. The van der Waals surface area contributed by atoms with Crippen LogP contribution in [0.1, 0.15) is 61.8 Å². The van der Waals surface area contributed by atoms with Gasteiger partial charge in [0.2, 0.25) is 0 Å². The monoisotopic (exact) mass is 416 g/mol. The molecule has 0 saturated carbocycles. The van der Waals surface area contributed by atoms with Gasteiger partial charge < -0.3 is 24.8 Å². The quantitative estimate of drug-likeness (QED) is 0.615. The van der Waals surface area contributed by atoms with Gasteiger partial charge >= 0.3 is 137 Å². The summed E-state index contributed by atoms with van der Waals surface area (Å²) in [6.07, 6.45) is 6.18. The Morgan fingerprint density at radius 1 is 0.955 bits per heavy atom. The van der Waals surface area contributed by atoms with Crippen molar-refractivity contribution in [3.05, 3.63) is 43.3 Å². The second-order valence-corrected chi connectivity index (χ2v) is 11.5. The van der Waals surface area contributed by atoms with Crippen molar-refractivity contribution >= 4 is 0 Å². The Balaban J connectivity index is 0.00000220. The second-order valence-electron chi connectivity index (χ2n) is 7.10. The van der Waals surface area contributed by atoms with Crippen LogP contribution in [0.3, 0.4) is 0 Å². The summed E-state index contributed by atoms with van der Waals surface area (Å²) in [5.41, 5.74) is 8.18. The van der Waals surface area contributed by atoms with Crippen LogP contribution in [0.25, 0.3) is 0 Å². The van der Waals surface area contributed by atoms with Crippen molar-refractivity contribution in [2.75, 3.05) is 0 Å². The summed E-state index contributed by atoms with van der Waals surface area (Å²) in [6.45, 7) is 18.9. The van der Waals surface area contributed by atoms with Gasteiger partial charge in [0.05, 0.1) is 0 Å². The van der Waals surface area contributed by atoms with Crippen molar-refractivity contribution in [3.8, 4) is 0 Å². The zero-order chi connectivity index (χ0) is 15.3. The Labute approximate surface area is 161 Å². The van der Waals surface area contributed by atoms with E-state index in [1.807, 2.05) is 0 Å². The van der Waals surface area contributed by atoms with E-state index in [-0.39, 0.29) is 24.8 Å². The first-order valence-corrected chi connectivity index (χ1v) is 10.2. The summed E-state index contributed by atoms with van der Waals surface area (Å²) in [5, 5.41) is 0. The van der Waals surface area contributed by atoms with Crippen molar-refractivity contribution in [2.45, 2.75) is 64.9 Å². The predicted octanol–water partition coefficient (Wildman–Crippen LogP) is 0.202. The molecule has 122 valence electrons. The molecule has 0 heterocycles. The molecule has 0 radical (unpaired) electrons. The minimum atomic E-state index is -0.679. The number of rotatable bonds is 3. The van der Waals surface area contributed by atoms with E-state index in [1.165, 1.54) is 6.42 Å². The van der Waals surface area contributed by atoms with Crippen LogP contribution in [-0.2, 0) is 23.2 Å². The van der Waals surface area contributed by atoms with Gasteiger partial charge in [0.15, 0.2) is 0 Å². The van der Waals surface area contributed by atoms with Crippen LogP contribution in [0.15, 0.2) is 43.3 Å². The molecule has 1 unspecified atom stereocenters. The van der Waals surface area contributed by atoms with Crippen molar-refractivity contribution in [1.82, 2.24) is 0 Å². The summed E-state index contributed by atoms with van der Waals surface area (Å²) < 4.78 is 2.19. The second kappa shape index (κ2) is 7.54. The third-order valence-electron chi connectivity index (χ3n) is 5.55. The van der Waals surface area contributed by atoms with Gasteiger partial charge in [-0.05, 0) is 0 Å². The first kappa shape index (κ1) is 22.4. The van der Waals surface area contributed by atoms with Gasteiger partial charge in [-0.1, -0.05) is 0 Å². The molecule has 0 nitrogen and oxygen atoms in total. The maximum absolute atomic E-state index is 2.58. The standard InChI is InChI=1S/C10H15.C9H13.2ClH.Zr/c1-7-6-10(4,5)9(3)8(7)2;1-4-9-5-7(2)8(3)6-9;;;/h1-5H3;5-6H,4H2,1-3H3;2*1H;/q;;;;+2/p-2. The molecule has 0 bridgehead atoms. The molecule has 22 heavy (non-hydrogen) atoms. The van der Waals surface area contributed by atoms with Crippen molar-refractivity contribution in [2.24, 2.45) is 5.41 Å². The normalized spacial score (nSPS) is 26.2. The Morgan fingerprint density at radius 3 is 1.86 bits per heavy atom. The fourth-order valence-corrected chi connectivity index (χ4v) is 8.12. The summed E-state index contributed by atoms with van der Waals surface area (Å²) in [7, 11) is 0. The van der Waals surface area contributed by atoms with Crippen LogP contribution in [0.2, 0.25) is 3.12 Å². The molecule has 0 spiro atoms. The summed E-state index contributed by atoms with van der Waals surface area (Å²) in [6, 6.07) is 0. The maximum Gasteiger partial charge on any atom is -1.00 e. The van der Waals surface area contributed by atoms with E-state index >= 15 is 0 Å². The number of allylic oxidation sites excluding steroid dienone is 8. The first-order chi connectivity index (χ1) is 9.13. The van der Waals surface area contributed by atoms with Gasteiger partial charge in [-0.2, -0.15) is 0 Å². The van der Waals surface area contributed by atoms with Crippen molar-refractivity contribution in [3.63, 3.8) is 0 Å². The van der Waals surface area contributed by atoms with Crippen LogP contribution >= 0.6 is 0 Å². The Bertz CT molecular complexity index is 576. The van der Waals surface area contributed by atoms with Crippen LogP contribution in [0.4, 0.5) is 0 Å². The molecule has 0 aromatic carbocycles. The van der Waals surface area contributed by atoms with Gasteiger partial charge in [0, 0.05) is 0 Å². The van der Waals surface area contributed by atoms with E-state index in [0.717, 1.165) is 0 Å². The van der Waals surface area contributed by atoms with E-state index in [2.05, 4.69) is 67.5 Å². The molecule has 0 fully saturated rings. The predicted molar refractivity (Wildman–Crippen MR) is 85.4 cm³/mol. The molecule has 3 heteroatoms. The van der Waals surface area contributed by atoms with Gasteiger partial charge in [-0.3, -0.25) is 0 Å². The topological polar surface area (TPSA) is 0 Å². The molecular weight excluding hydrogens is 390 g/mol. The molecule has 2 rings (SSSR count). The molecule has 2 aliphatic rings. The van der Waals surface area contributed by atoms with E-state index < -0.39 is 23.2 Å². The van der Waals surface area contributed by atoms with E-state index in [0.29, 0.717) is 8.54 Å². The summed E-state index contributed by atoms with van der Waals surface area (Å²) in [5.74, 6) is 0. The molecule has 2 aliphatic carbocycles. The van der Waals surface area contributed by atoms with Gasteiger partial charge in [-0.15, -0.1) is 0 Å². The van der Waals surface area contributed by atoms with Crippen molar-refractivity contribution in [1.29, 1.82) is 0 Å². The molecule has 0 amide bonds. The molecular formula is C19H28Cl2Zr. The van der Waals surface area contributed by atoms with Crippen LogP contribution < -0.4 is 24.8 Å². The smallest absolute Gasteiger partial charge is 1.00 e. The number of hydrogen-bond acceptors (Lipinski definition) is 0. The van der Waals surface area contributed by atoms with E-state index in [4.69, 9.17) is 0 Å². The molecule has 0 saturated heterocycles. The van der Waals surface area contributed by atoms with Crippen LogP contribution in [0.5, 0.6) is 0 Å².